The van der Waals surface area contributed by atoms with Gasteiger partial charge in [-0.3, -0.25) is 19.2 Å². The van der Waals surface area contributed by atoms with Crippen LogP contribution >= 0.6 is 0 Å². The number of imidazole rings is 1. The lowest BCUT2D eigenvalue weighted by molar-refractivity contribution is -0.142. The minimum absolute atomic E-state index is 0.0363. The average molecular weight is 545 g/mol. The fraction of sp³-hybridized carbons (Fsp3) is 0.462. The molecule has 0 bridgehead atoms. The zero-order valence-corrected chi connectivity index (χ0v) is 21.9. The summed E-state index contributed by atoms with van der Waals surface area (Å²) in [5.41, 5.74) is 7.26. The van der Waals surface area contributed by atoms with E-state index in [0.29, 0.717) is 17.7 Å². The zero-order valence-electron chi connectivity index (χ0n) is 21.9. The Morgan fingerprint density at radius 2 is 1.62 bits per heavy atom. The molecule has 5 unspecified atom stereocenters. The highest BCUT2D eigenvalue weighted by atomic mass is 16.4. The van der Waals surface area contributed by atoms with Crippen molar-refractivity contribution in [3.05, 3.63) is 54.1 Å². The molecule has 212 valence electrons. The van der Waals surface area contributed by atoms with Gasteiger partial charge in [0.2, 0.25) is 17.7 Å². The largest absolute Gasteiger partial charge is 0.481 e. The first-order chi connectivity index (χ1) is 18.5. The van der Waals surface area contributed by atoms with E-state index in [0.717, 1.165) is 0 Å². The lowest BCUT2D eigenvalue weighted by atomic mass is 9.96. The van der Waals surface area contributed by atoms with Crippen molar-refractivity contribution >= 4 is 29.7 Å². The number of hydrogen-bond acceptors (Lipinski definition) is 7. The van der Waals surface area contributed by atoms with Crippen LogP contribution < -0.4 is 21.7 Å². The van der Waals surface area contributed by atoms with Crippen molar-refractivity contribution < 1.29 is 34.2 Å². The number of aromatic nitrogens is 2. The van der Waals surface area contributed by atoms with E-state index in [1.165, 1.54) is 12.5 Å². The Labute approximate surface area is 226 Å². The van der Waals surface area contributed by atoms with Crippen molar-refractivity contribution in [2.45, 2.75) is 70.1 Å². The number of nitrogens with one attached hydrogen (secondary N) is 4. The SMILES string of the molecule is CCC(C)C(NC(=O)C(CCC(=O)O)NC(=O)C(N)Cc1cnc[nH]1)C(=O)NC(Cc1ccccc1)C(=O)O. The number of rotatable bonds is 16. The van der Waals surface area contributed by atoms with Crippen molar-refractivity contribution in [1.29, 1.82) is 0 Å². The van der Waals surface area contributed by atoms with Gasteiger partial charge in [-0.25, -0.2) is 9.78 Å². The molecule has 2 aromatic rings. The maximum absolute atomic E-state index is 13.2. The van der Waals surface area contributed by atoms with Gasteiger partial charge < -0.3 is 36.9 Å². The van der Waals surface area contributed by atoms with Gasteiger partial charge in [0.1, 0.15) is 18.1 Å². The van der Waals surface area contributed by atoms with Gasteiger partial charge in [0.05, 0.1) is 12.4 Å². The number of nitrogens with zero attached hydrogens (tertiary/aromatic N) is 1. The van der Waals surface area contributed by atoms with Gasteiger partial charge in [-0.1, -0.05) is 50.6 Å². The topological polar surface area (TPSA) is 217 Å². The Morgan fingerprint density at radius 3 is 2.18 bits per heavy atom. The fourth-order valence-electron chi connectivity index (χ4n) is 3.81. The van der Waals surface area contributed by atoms with E-state index in [4.69, 9.17) is 10.8 Å². The summed E-state index contributed by atoms with van der Waals surface area (Å²) in [6.45, 7) is 3.51. The normalized spacial score (nSPS) is 14.7. The summed E-state index contributed by atoms with van der Waals surface area (Å²) in [5.74, 6) is -4.99. The van der Waals surface area contributed by atoms with Crippen LogP contribution in [0, 0.1) is 5.92 Å². The number of H-pyrrole nitrogens is 1. The van der Waals surface area contributed by atoms with E-state index in [-0.39, 0.29) is 19.3 Å². The number of carbonyl (C=O) groups is 5. The van der Waals surface area contributed by atoms with Gasteiger partial charge >= 0.3 is 11.9 Å². The first-order valence-corrected chi connectivity index (χ1v) is 12.6. The molecule has 0 radical (unpaired) electrons. The average Bonchev–Trinajstić information content (AvgIpc) is 3.41. The third kappa shape index (κ3) is 10.2. The van der Waals surface area contributed by atoms with E-state index < -0.39 is 66.2 Å². The summed E-state index contributed by atoms with van der Waals surface area (Å²) in [5, 5.41) is 26.4. The van der Waals surface area contributed by atoms with Gasteiger partial charge in [-0.15, -0.1) is 0 Å². The summed E-state index contributed by atoms with van der Waals surface area (Å²) in [7, 11) is 0. The van der Waals surface area contributed by atoms with Gasteiger partial charge in [0.15, 0.2) is 0 Å². The van der Waals surface area contributed by atoms with Crippen LogP contribution in [-0.4, -0.2) is 74.0 Å². The van der Waals surface area contributed by atoms with Gasteiger partial charge in [0, 0.05) is 31.2 Å². The number of carbonyl (C=O) groups excluding carboxylic acids is 3. The molecule has 2 rings (SSSR count). The minimum Gasteiger partial charge on any atom is -0.481 e. The second-order valence-electron chi connectivity index (χ2n) is 9.34. The molecule has 13 nitrogen and oxygen atoms in total. The maximum Gasteiger partial charge on any atom is 0.326 e. The van der Waals surface area contributed by atoms with Gasteiger partial charge in [-0.2, -0.15) is 0 Å². The molecule has 0 aliphatic rings. The Kier molecular flexibility index (Phi) is 12.1. The van der Waals surface area contributed by atoms with Crippen molar-refractivity contribution in [3.8, 4) is 0 Å². The molecule has 39 heavy (non-hydrogen) atoms. The molecule has 3 amide bonds. The quantitative estimate of drug-likeness (QED) is 0.151. The van der Waals surface area contributed by atoms with Crippen LogP contribution in [-0.2, 0) is 36.8 Å². The van der Waals surface area contributed by atoms with Crippen LogP contribution in [0.2, 0.25) is 0 Å². The first kappa shape index (κ1) is 31.0. The predicted octanol–water partition coefficient (Wildman–Crippen LogP) is -0.0279. The number of amides is 3. The van der Waals surface area contributed by atoms with Crippen LogP contribution in [0.1, 0.15) is 44.4 Å². The van der Waals surface area contributed by atoms with Crippen LogP contribution in [0.3, 0.4) is 0 Å². The highest BCUT2D eigenvalue weighted by Gasteiger charge is 2.33. The number of carboxylic acid groups (broad SMARTS) is 2. The van der Waals surface area contributed by atoms with Crippen molar-refractivity contribution in [2.24, 2.45) is 11.7 Å². The summed E-state index contributed by atoms with van der Waals surface area (Å²) >= 11 is 0. The van der Waals surface area contributed by atoms with Gasteiger partial charge in [-0.05, 0) is 17.9 Å². The van der Waals surface area contributed by atoms with E-state index in [9.17, 15) is 29.1 Å². The standard InChI is InChI=1S/C26H36N6O7/c1-3-15(2)22(25(37)31-20(26(38)39)11-16-7-5-4-6-8-16)32-24(36)19(9-10-21(33)34)30-23(35)18(27)12-17-13-28-14-29-17/h4-8,13-15,18-20,22H,3,9-12,27H2,1-2H3,(H,28,29)(H,30,35)(H,31,37)(H,32,36)(H,33,34)(H,38,39). The highest BCUT2D eigenvalue weighted by Crippen LogP contribution is 2.11. The number of hydrogen-bond donors (Lipinski definition) is 7. The van der Waals surface area contributed by atoms with Crippen LogP contribution in [0.15, 0.2) is 42.9 Å². The van der Waals surface area contributed by atoms with Crippen LogP contribution in [0.4, 0.5) is 0 Å². The Morgan fingerprint density at radius 1 is 0.949 bits per heavy atom. The maximum atomic E-state index is 13.2. The molecule has 1 aromatic heterocycles. The monoisotopic (exact) mass is 544 g/mol. The molecule has 1 heterocycles. The van der Waals surface area contributed by atoms with E-state index in [1.807, 2.05) is 0 Å². The van der Waals surface area contributed by atoms with Crippen LogP contribution in [0.5, 0.6) is 0 Å². The molecule has 5 atom stereocenters. The summed E-state index contributed by atoms with van der Waals surface area (Å²) in [4.78, 5) is 68.8. The molecule has 8 N–H and O–H groups in total. The predicted molar refractivity (Wildman–Crippen MR) is 140 cm³/mol. The van der Waals surface area contributed by atoms with E-state index in [1.54, 1.807) is 44.2 Å². The van der Waals surface area contributed by atoms with Crippen molar-refractivity contribution in [2.75, 3.05) is 0 Å². The molecule has 0 aliphatic heterocycles. The lowest BCUT2D eigenvalue weighted by Gasteiger charge is -2.28. The number of carboxylic acids is 2. The van der Waals surface area contributed by atoms with Crippen LogP contribution in [0.25, 0.3) is 0 Å². The number of benzene rings is 1. The first-order valence-electron chi connectivity index (χ1n) is 12.6. The molecule has 0 fully saturated rings. The Balaban J connectivity index is 2.15. The fourth-order valence-corrected chi connectivity index (χ4v) is 3.81. The second-order valence-corrected chi connectivity index (χ2v) is 9.34. The molecule has 0 saturated carbocycles. The van der Waals surface area contributed by atoms with Crippen molar-refractivity contribution in [1.82, 2.24) is 25.9 Å². The second kappa shape index (κ2) is 15.2. The third-order valence-electron chi connectivity index (χ3n) is 6.30. The summed E-state index contributed by atoms with van der Waals surface area (Å²) < 4.78 is 0. The lowest BCUT2D eigenvalue weighted by Crippen LogP contribution is -2.59. The Bertz CT molecular complexity index is 1110. The molecule has 1 aromatic carbocycles. The third-order valence-corrected chi connectivity index (χ3v) is 6.30. The molecular weight excluding hydrogens is 508 g/mol. The van der Waals surface area contributed by atoms with Gasteiger partial charge in [0.25, 0.3) is 0 Å². The molecule has 13 heteroatoms. The smallest absolute Gasteiger partial charge is 0.326 e. The van der Waals surface area contributed by atoms with Crippen molar-refractivity contribution in [3.63, 3.8) is 0 Å². The molecule has 0 saturated heterocycles. The number of nitrogens with two attached hydrogens (primary N) is 1. The highest BCUT2D eigenvalue weighted by molar-refractivity contribution is 5.94. The molecule has 0 spiro atoms. The molecular formula is C26H36N6O7. The summed E-state index contributed by atoms with van der Waals surface area (Å²) in [6.07, 6.45) is 2.87. The zero-order chi connectivity index (χ0) is 28.9. The minimum atomic E-state index is -1.29. The summed E-state index contributed by atoms with van der Waals surface area (Å²) in [6, 6.07) is 4.06. The number of aliphatic carboxylic acids is 2. The molecule has 0 aliphatic carbocycles. The van der Waals surface area contributed by atoms with E-state index >= 15 is 0 Å². The number of aromatic amines is 1. The Hall–Kier alpha value is -4.26. The van der Waals surface area contributed by atoms with E-state index in [2.05, 4.69) is 25.9 Å².